The molecule has 2 unspecified atom stereocenters. The first-order valence-electron chi connectivity index (χ1n) is 7.05. The number of hydrogen-bond donors (Lipinski definition) is 4. The molecule has 0 fully saturated rings. The molecule has 0 bridgehead atoms. The smallest absolute Gasteiger partial charge is 0.237 e. The number of unbranched alkanes of at least 4 members (excludes halogenated alkanes) is 1. The van der Waals surface area contributed by atoms with E-state index in [0.29, 0.717) is 38.8 Å². The topological polar surface area (TPSA) is 124 Å². The van der Waals surface area contributed by atoms with Crippen LogP contribution in [-0.2, 0) is 9.59 Å². The Bertz CT molecular complexity index is 271. The molecule has 19 heavy (non-hydrogen) atoms. The van der Waals surface area contributed by atoms with E-state index in [2.05, 4.69) is 5.32 Å². The third-order valence-corrected chi connectivity index (χ3v) is 3.06. The molecule has 0 aliphatic rings. The predicted molar refractivity (Wildman–Crippen MR) is 76.4 cm³/mol. The first-order valence-corrected chi connectivity index (χ1v) is 7.05. The summed E-state index contributed by atoms with van der Waals surface area (Å²) in [5.74, 6) is -0.232. The predicted octanol–water partition coefficient (Wildman–Crippen LogP) is -0.354. The van der Waals surface area contributed by atoms with E-state index < -0.39 is 12.1 Å². The molecule has 2 atom stereocenters. The summed E-state index contributed by atoms with van der Waals surface area (Å²) in [6.45, 7) is 2.89. The molecule has 0 heterocycles. The highest BCUT2D eigenvalue weighted by Gasteiger charge is 2.21. The van der Waals surface area contributed by atoms with Crippen LogP contribution >= 0.6 is 0 Å². The van der Waals surface area contributed by atoms with Gasteiger partial charge in [-0.2, -0.15) is 0 Å². The average molecular weight is 272 g/mol. The van der Waals surface area contributed by atoms with Gasteiger partial charge in [-0.1, -0.05) is 6.92 Å². The van der Waals surface area contributed by atoms with E-state index in [1.807, 2.05) is 0 Å². The molecule has 0 aromatic heterocycles. The lowest BCUT2D eigenvalue weighted by atomic mass is 10.0. The lowest BCUT2D eigenvalue weighted by Crippen LogP contribution is -2.48. The number of ketones is 1. The van der Waals surface area contributed by atoms with Crippen molar-refractivity contribution in [1.29, 1.82) is 0 Å². The van der Waals surface area contributed by atoms with Gasteiger partial charge in [-0.05, 0) is 45.2 Å². The molecule has 1 amide bonds. The van der Waals surface area contributed by atoms with Gasteiger partial charge in [0.2, 0.25) is 5.91 Å². The van der Waals surface area contributed by atoms with Crippen LogP contribution in [-0.4, -0.2) is 36.9 Å². The van der Waals surface area contributed by atoms with Gasteiger partial charge in [0, 0.05) is 6.42 Å². The second-order valence-corrected chi connectivity index (χ2v) is 4.70. The summed E-state index contributed by atoms with van der Waals surface area (Å²) in [5.41, 5.74) is 16.5. The third-order valence-electron chi connectivity index (χ3n) is 3.06. The van der Waals surface area contributed by atoms with Crippen LogP contribution in [0, 0.1) is 0 Å². The maximum atomic E-state index is 11.9. The number of nitrogens with two attached hydrogens (primary N) is 3. The van der Waals surface area contributed by atoms with Crippen LogP contribution < -0.4 is 22.5 Å². The maximum Gasteiger partial charge on any atom is 0.237 e. The van der Waals surface area contributed by atoms with Crippen molar-refractivity contribution in [3.63, 3.8) is 0 Å². The fraction of sp³-hybridized carbons (Fsp3) is 0.846. The fourth-order valence-electron chi connectivity index (χ4n) is 1.80. The SMILES string of the molecule is CCC(=O)C(CCCCN)NC(=O)C(N)CCCN. The number of carbonyl (C=O) groups is 2. The molecule has 0 aliphatic carbocycles. The van der Waals surface area contributed by atoms with Gasteiger partial charge in [0.05, 0.1) is 12.1 Å². The van der Waals surface area contributed by atoms with Crippen LogP contribution in [0.25, 0.3) is 0 Å². The van der Waals surface area contributed by atoms with Crippen LogP contribution in [0.1, 0.15) is 45.4 Å². The fourth-order valence-corrected chi connectivity index (χ4v) is 1.80. The van der Waals surface area contributed by atoms with Gasteiger partial charge in [-0.15, -0.1) is 0 Å². The van der Waals surface area contributed by atoms with Crippen molar-refractivity contribution in [3.05, 3.63) is 0 Å². The minimum absolute atomic E-state index is 0.0383. The van der Waals surface area contributed by atoms with E-state index in [1.165, 1.54) is 0 Å². The van der Waals surface area contributed by atoms with Crippen LogP contribution in [0.3, 0.4) is 0 Å². The zero-order chi connectivity index (χ0) is 14.7. The van der Waals surface area contributed by atoms with Crippen molar-refractivity contribution in [2.24, 2.45) is 17.2 Å². The monoisotopic (exact) mass is 272 g/mol. The third kappa shape index (κ3) is 7.92. The number of carbonyl (C=O) groups excluding carboxylic acids is 2. The summed E-state index contributed by atoms with van der Waals surface area (Å²) >= 11 is 0. The van der Waals surface area contributed by atoms with Crippen LogP contribution in [0.2, 0.25) is 0 Å². The standard InChI is InChI=1S/C13H28N4O2/c1-2-12(18)11(7-3-4-8-14)17-13(19)10(16)6-5-9-15/h10-11H,2-9,14-16H2,1H3,(H,17,19). The molecule has 7 N–H and O–H groups in total. The number of nitrogens with one attached hydrogen (secondary N) is 1. The summed E-state index contributed by atoms with van der Waals surface area (Å²) in [5, 5.41) is 2.74. The zero-order valence-corrected chi connectivity index (χ0v) is 11.9. The normalized spacial score (nSPS) is 13.9. The maximum absolute atomic E-state index is 11.9. The lowest BCUT2D eigenvalue weighted by molar-refractivity contribution is -0.128. The number of amides is 1. The van der Waals surface area contributed by atoms with E-state index >= 15 is 0 Å². The summed E-state index contributed by atoms with van der Waals surface area (Å²) in [6.07, 6.45) is 3.95. The number of rotatable bonds is 11. The summed E-state index contributed by atoms with van der Waals surface area (Å²) in [7, 11) is 0. The Morgan fingerprint density at radius 1 is 1.05 bits per heavy atom. The van der Waals surface area contributed by atoms with Gasteiger partial charge in [-0.3, -0.25) is 9.59 Å². The minimum Gasteiger partial charge on any atom is -0.345 e. The molecule has 0 aromatic carbocycles. The first kappa shape index (κ1) is 18.0. The Morgan fingerprint density at radius 3 is 2.21 bits per heavy atom. The lowest BCUT2D eigenvalue weighted by Gasteiger charge is -2.19. The summed E-state index contributed by atoms with van der Waals surface area (Å²) in [4.78, 5) is 23.6. The minimum atomic E-state index is -0.592. The van der Waals surface area contributed by atoms with Crippen LogP contribution in [0.4, 0.5) is 0 Å². The largest absolute Gasteiger partial charge is 0.345 e. The first-order chi connectivity index (χ1) is 9.06. The van der Waals surface area contributed by atoms with Crippen LogP contribution in [0.15, 0.2) is 0 Å². The Kier molecular flexibility index (Phi) is 10.3. The van der Waals surface area contributed by atoms with E-state index in [9.17, 15) is 9.59 Å². The van der Waals surface area contributed by atoms with Gasteiger partial charge < -0.3 is 22.5 Å². The quantitative estimate of drug-likeness (QED) is 0.382. The van der Waals surface area contributed by atoms with Gasteiger partial charge in [0.25, 0.3) is 0 Å². The molecule has 0 aromatic rings. The molecular formula is C13H28N4O2. The molecule has 0 saturated heterocycles. The molecule has 0 saturated carbocycles. The highest BCUT2D eigenvalue weighted by molar-refractivity contribution is 5.90. The van der Waals surface area contributed by atoms with Crippen molar-refractivity contribution in [1.82, 2.24) is 5.32 Å². The van der Waals surface area contributed by atoms with Crippen molar-refractivity contribution in [3.8, 4) is 0 Å². The van der Waals surface area contributed by atoms with Gasteiger partial charge in [-0.25, -0.2) is 0 Å². The van der Waals surface area contributed by atoms with E-state index in [4.69, 9.17) is 17.2 Å². The van der Waals surface area contributed by atoms with E-state index in [1.54, 1.807) is 6.92 Å². The zero-order valence-electron chi connectivity index (χ0n) is 11.9. The van der Waals surface area contributed by atoms with E-state index in [0.717, 1.165) is 12.8 Å². The Morgan fingerprint density at radius 2 is 1.68 bits per heavy atom. The molecular weight excluding hydrogens is 244 g/mol. The Labute approximate surface area is 115 Å². The molecule has 6 heteroatoms. The van der Waals surface area contributed by atoms with Crippen molar-refractivity contribution in [2.45, 2.75) is 57.5 Å². The second kappa shape index (κ2) is 10.9. The average Bonchev–Trinajstić information content (AvgIpc) is 2.42. The Hall–Kier alpha value is -0.980. The summed E-state index contributed by atoms with van der Waals surface area (Å²) < 4.78 is 0. The van der Waals surface area contributed by atoms with Crippen molar-refractivity contribution >= 4 is 11.7 Å². The molecule has 6 nitrogen and oxygen atoms in total. The van der Waals surface area contributed by atoms with Crippen molar-refractivity contribution < 1.29 is 9.59 Å². The van der Waals surface area contributed by atoms with E-state index in [-0.39, 0.29) is 11.7 Å². The van der Waals surface area contributed by atoms with Crippen molar-refractivity contribution in [2.75, 3.05) is 13.1 Å². The molecule has 0 spiro atoms. The molecule has 0 radical (unpaired) electrons. The summed E-state index contributed by atoms with van der Waals surface area (Å²) in [6, 6.07) is -1.03. The van der Waals surface area contributed by atoms with Gasteiger partial charge in [0.1, 0.15) is 0 Å². The number of Topliss-reactive ketones (excluding diaryl/α,β-unsaturated/α-hetero) is 1. The molecule has 112 valence electrons. The highest BCUT2D eigenvalue weighted by atomic mass is 16.2. The van der Waals surface area contributed by atoms with Crippen LogP contribution in [0.5, 0.6) is 0 Å². The molecule has 0 rings (SSSR count). The molecule has 0 aliphatic heterocycles. The highest BCUT2D eigenvalue weighted by Crippen LogP contribution is 2.05. The number of hydrogen-bond acceptors (Lipinski definition) is 5. The Balaban J connectivity index is 4.29. The van der Waals surface area contributed by atoms with Gasteiger partial charge in [0.15, 0.2) is 5.78 Å². The van der Waals surface area contributed by atoms with Gasteiger partial charge >= 0.3 is 0 Å². The second-order valence-electron chi connectivity index (χ2n) is 4.70.